The minimum atomic E-state index is -0.566. The van der Waals surface area contributed by atoms with E-state index < -0.39 is 6.04 Å². The van der Waals surface area contributed by atoms with Crippen LogP contribution in [0.1, 0.15) is 36.3 Å². The lowest BCUT2D eigenvalue weighted by Gasteiger charge is -2.22. The Labute approximate surface area is 128 Å². The van der Waals surface area contributed by atoms with Crippen molar-refractivity contribution in [1.82, 2.24) is 25.8 Å². The zero-order valence-corrected chi connectivity index (χ0v) is 13.2. The van der Waals surface area contributed by atoms with Gasteiger partial charge in [0.15, 0.2) is 5.65 Å². The molecule has 0 aliphatic rings. The molecule has 0 aromatic carbocycles. The number of nitrogens with one attached hydrogen (secondary N) is 3. The predicted octanol–water partition coefficient (Wildman–Crippen LogP) is 1.16. The number of aromatic nitrogens is 3. The lowest BCUT2D eigenvalue weighted by atomic mass is 9.98. The molecular formula is C15H21N5O2. The van der Waals surface area contributed by atoms with E-state index in [1.807, 2.05) is 20.8 Å². The van der Waals surface area contributed by atoms with Crippen LogP contribution in [0.25, 0.3) is 11.0 Å². The largest absolute Gasteiger partial charge is 0.357 e. The Morgan fingerprint density at radius 1 is 1.41 bits per heavy atom. The highest BCUT2D eigenvalue weighted by Crippen LogP contribution is 2.15. The summed E-state index contributed by atoms with van der Waals surface area (Å²) in [7, 11) is 1.56. The van der Waals surface area contributed by atoms with Gasteiger partial charge in [-0.1, -0.05) is 20.3 Å². The molecule has 2 amide bonds. The van der Waals surface area contributed by atoms with Crippen molar-refractivity contribution in [2.75, 3.05) is 7.05 Å². The number of fused-ring (bicyclic) bond motifs is 1. The molecule has 0 fully saturated rings. The van der Waals surface area contributed by atoms with Crippen molar-refractivity contribution in [3.8, 4) is 0 Å². The molecule has 0 saturated heterocycles. The number of likely N-dealkylation sites (N-methyl/N-ethyl adjacent to an activating group) is 1. The van der Waals surface area contributed by atoms with E-state index in [1.165, 1.54) is 6.20 Å². The van der Waals surface area contributed by atoms with Gasteiger partial charge in [-0.3, -0.25) is 14.7 Å². The third kappa shape index (κ3) is 3.08. The molecule has 0 saturated carbocycles. The molecule has 0 spiro atoms. The second kappa shape index (κ2) is 6.55. The lowest BCUT2D eigenvalue weighted by Crippen LogP contribution is -2.49. The SMILES string of the molecule is CC[C@@H](C)[C@@H](NC(=O)c1cnc2n[nH]c(C)c2c1)C(=O)NC. The lowest BCUT2D eigenvalue weighted by molar-refractivity contribution is -0.123. The fourth-order valence-electron chi connectivity index (χ4n) is 2.23. The minimum absolute atomic E-state index is 0.0382. The summed E-state index contributed by atoms with van der Waals surface area (Å²) < 4.78 is 0. The second-order valence-corrected chi connectivity index (χ2v) is 5.39. The van der Waals surface area contributed by atoms with Gasteiger partial charge >= 0.3 is 0 Å². The van der Waals surface area contributed by atoms with Gasteiger partial charge in [0.05, 0.1) is 5.56 Å². The maximum Gasteiger partial charge on any atom is 0.253 e. The van der Waals surface area contributed by atoms with Crippen LogP contribution in [0.4, 0.5) is 0 Å². The smallest absolute Gasteiger partial charge is 0.253 e. The van der Waals surface area contributed by atoms with Crippen LogP contribution in [0.3, 0.4) is 0 Å². The molecule has 0 unspecified atom stereocenters. The van der Waals surface area contributed by atoms with E-state index >= 15 is 0 Å². The van der Waals surface area contributed by atoms with Crippen molar-refractivity contribution in [3.63, 3.8) is 0 Å². The molecule has 3 N–H and O–H groups in total. The van der Waals surface area contributed by atoms with E-state index in [1.54, 1.807) is 13.1 Å². The van der Waals surface area contributed by atoms with Crippen LogP contribution in [0.2, 0.25) is 0 Å². The number of nitrogens with zero attached hydrogens (tertiary/aromatic N) is 2. The molecule has 0 aliphatic carbocycles. The van der Waals surface area contributed by atoms with Gasteiger partial charge in [-0.15, -0.1) is 0 Å². The second-order valence-electron chi connectivity index (χ2n) is 5.39. The Morgan fingerprint density at radius 3 is 2.77 bits per heavy atom. The number of hydrogen-bond donors (Lipinski definition) is 3. The highest BCUT2D eigenvalue weighted by molar-refractivity contribution is 5.99. The van der Waals surface area contributed by atoms with Gasteiger partial charge in [-0.05, 0) is 18.9 Å². The maximum absolute atomic E-state index is 12.4. The molecule has 2 heterocycles. The van der Waals surface area contributed by atoms with E-state index in [4.69, 9.17) is 0 Å². The third-order valence-corrected chi connectivity index (χ3v) is 3.89. The van der Waals surface area contributed by atoms with E-state index in [-0.39, 0.29) is 17.7 Å². The number of carbonyl (C=O) groups is 2. The highest BCUT2D eigenvalue weighted by Gasteiger charge is 2.25. The van der Waals surface area contributed by atoms with E-state index in [9.17, 15) is 9.59 Å². The maximum atomic E-state index is 12.4. The number of H-pyrrole nitrogens is 1. The summed E-state index contributed by atoms with van der Waals surface area (Å²) in [4.78, 5) is 28.5. The molecule has 0 aliphatic heterocycles. The molecule has 2 aromatic rings. The summed E-state index contributed by atoms with van der Waals surface area (Å²) in [6.45, 7) is 5.78. The van der Waals surface area contributed by atoms with Gasteiger partial charge in [0.25, 0.3) is 5.91 Å². The van der Waals surface area contributed by atoms with Crippen molar-refractivity contribution in [3.05, 3.63) is 23.5 Å². The quantitative estimate of drug-likeness (QED) is 0.771. The summed E-state index contributed by atoms with van der Waals surface area (Å²) in [6.07, 6.45) is 2.26. The van der Waals surface area contributed by atoms with E-state index in [2.05, 4.69) is 25.8 Å². The van der Waals surface area contributed by atoms with Crippen LogP contribution in [-0.4, -0.2) is 40.1 Å². The monoisotopic (exact) mass is 303 g/mol. The van der Waals surface area contributed by atoms with Crippen molar-refractivity contribution in [2.24, 2.45) is 5.92 Å². The molecule has 118 valence electrons. The summed E-state index contributed by atoms with van der Waals surface area (Å²) >= 11 is 0. The number of carbonyl (C=O) groups excluding carboxylic acids is 2. The molecule has 2 atom stereocenters. The van der Waals surface area contributed by atoms with Crippen LogP contribution >= 0.6 is 0 Å². The minimum Gasteiger partial charge on any atom is -0.357 e. The first kappa shape index (κ1) is 15.9. The van der Waals surface area contributed by atoms with Crippen molar-refractivity contribution >= 4 is 22.8 Å². The van der Waals surface area contributed by atoms with Crippen LogP contribution in [0.5, 0.6) is 0 Å². The summed E-state index contributed by atoms with van der Waals surface area (Å²) in [5.74, 6) is -0.476. The van der Waals surface area contributed by atoms with Gasteiger partial charge < -0.3 is 10.6 Å². The molecule has 0 bridgehead atoms. The molecular weight excluding hydrogens is 282 g/mol. The van der Waals surface area contributed by atoms with Gasteiger partial charge in [-0.2, -0.15) is 5.10 Å². The number of aryl methyl sites for hydroxylation is 1. The Balaban J connectivity index is 2.24. The topological polar surface area (TPSA) is 99.8 Å². The summed E-state index contributed by atoms with van der Waals surface area (Å²) in [5, 5.41) is 13.0. The van der Waals surface area contributed by atoms with Gasteiger partial charge in [0.1, 0.15) is 6.04 Å². The Bertz CT molecular complexity index is 694. The zero-order valence-electron chi connectivity index (χ0n) is 13.2. The predicted molar refractivity (Wildman–Crippen MR) is 83.4 cm³/mol. The zero-order chi connectivity index (χ0) is 16.3. The molecule has 7 nitrogen and oxygen atoms in total. The van der Waals surface area contributed by atoms with Gasteiger partial charge in [0.2, 0.25) is 5.91 Å². The van der Waals surface area contributed by atoms with Crippen LogP contribution < -0.4 is 10.6 Å². The number of amides is 2. The molecule has 0 radical (unpaired) electrons. The summed E-state index contributed by atoms with van der Waals surface area (Å²) in [5.41, 5.74) is 1.83. The molecule has 7 heteroatoms. The summed E-state index contributed by atoms with van der Waals surface area (Å²) in [6, 6.07) is 1.16. The molecule has 22 heavy (non-hydrogen) atoms. The van der Waals surface area contributed by atoms with Gasteiger partial charge in [0, 0.05) is 24.3 Å². The fourth-order valence-corrected chi connectivity index (χ4v) is 2.23. The Morgan fingerprint density at radius 2 is 2.14 bits per heavy atom. The van der Waals surface area contributed by atoms with Crippen molar-refractivity contribution < 1.29 is 9.59 Å². The standard InChI is InChI=1S/C15H21N5O2/c1-5-8(2)12(15(22)16-4)18-14(21)10-6-11-9(3)19-20-13(11)17-7-10/h6-8,12H,5H2,1-4H3,(H,16,22)(H,18,21)(H,17,19,20)/t8-,12-/m1/s1. The Kier molecular flexibility index (Phi) is 4.75. The first-order chi connectivity index (χ1) is 10.5. The highest BCUT2D eigenvalue weighted by atomic mass is 16.2. The fraction of sp³-hybridized carbons (Fsp3) is 0.467. The normalized spacial score (nSPS) is 13.6. The average molecular weight is 303 g/mol. The number of pyridine rings is 1. The average Bonchev–Trinajstić information content (AvgIpc) is 2.91. The van der Waals surface area contributed by atoms with Gasteiger partial charge in [-0.25, -0.2) is 4.98 Å². The van der Waals surface area contributed by atoms with Crippen molar-refractivity contribution in [2.45, 2.75) is 33.2 Å². The number of hydrogen-bond acceptors (Lipinski definition) is 4. The van der Waals surface area contributed by atoms with Crippen LogP contribution in [-0.2, 0) is 4.79 Å². The first-order valence-electron chi connectivity index (χ1n) is 7.31. The van der Waals surface area contributed by atoms with Crippen LogP contribution in [0, 0.1) is 12.8 Å². The van der Waals surface area contributed by atoms with E-state index in [0.29, 0.717) is 11.2 Å². The number of rotatable bonds is 5. The first-order valence-corrected chi connectivity index (χ1v) is 7.31. The number of aromatic amines is 1. The van der Waals surface area contributed by atoms with Crippen molar-refractivity contribution in [1.29, 1.82) is 0 Å². The third-order valence-electron chi connectivity index (χ3n) is 3.89. The molecule has 2 rings (SSSR count). The molecule has 2 aromatic heterocycles. The van der Waals surface area contributed by atoms with E-state index in [0.717, 1.165) is 17.5 Å². The Hall–Kier alpha value is -2.44. The van der Waals surface area contributed by atoms with Crippen LogP contribution in [0.15, 0.2) is 12.3 Å².